The minimum Gasteiger partial charge on any atom is -0.508 e. The maximum atomic E-state index is 14.0. The zero-order valence-electron chi connectivity index (χ0n) is 37.3. The summed E-state index contributed by atoms with van der Waals surface area (Å²) in [5.41, 5.74) is 6.07. The number of amides is 7. The molecule has 0 radical (unpaired) electrons. The molecular weight excluding hydrogens is 970 g/mol. The fourth-order valence-electron chi connectivity index (χ4n) is 6.50. The average molecular weight is 1020 g/mol. The normalized spacial score (nSPS) is 18.7. The Kier molecular flexibility index (Phi) is 20.4. The number of carboxylic acid groups (broad SMARTS) is 1. The van der Waals surface area contributed by atoms with Crippen molar-refractivity contribution < 1.29 is 74.7 Å². The lowest BCUT2D eigenvalue weighted by molar-refractivity contribution is -0.171. The second kappa shape index (κ2) is 26.1. The molecule has 0 unspecified atom stereocenters. The van der Waals surface area contributed by atoms with Crippen molar-refractivity contribution >= 4 is 69.2 Å². The Morgan fingerprint density at radius 3 is 2.10 bits per heavy atom. The number of halogens is 3. The summed E-state index contributed by atoms with van der Waals surface area (Å²) < 4.78 is 70.7. The molecule has 0 spiro atoms. The number of pyridine rings is 1. The predicted octanol–water partition coefficient (Wildman–Crippen LogP) is -0.222. The Morgan fingerprint density at radius 2 is 1.45 bits per heavy atom. The van der Waals surface area contributed by atoms with Gasteiger partial charge in [-0.2, -0.15) is 26.7 Å². The van der Waals surface area contributed by atoms with Gasteiger partial charge in [-0.25, -0.2) is 4.98 Å². The van der Waals surface area contributed by atoms with E-state index < -0.39 is 107 Å². The summed E-state index contributed by atoms with van der Waals surface area (Å²) >= 11 is 0. The van der Waals surface area contributed by atoms with E-state index in [-0.39, 0.29) is 85.7 Å². The van der Waals surface area contributed by atoms with Crippen molar-refractivity contribution in [2.24, 2.45) is 21.0 Å². The van der Waals surface area contributed by atoms with E-state index in [1.54, 1.807) is 6.07 Å². The van der Waals surface area contributed by atoms with Gasteiger partial charge in [0.1, 0.15) is 29.9 Å². The second-order valence-electron chi connectivity index (χ2n) is 15.5. The Hall–Kier alpha value is -8.08. The molecule has 3 aromatic rings. The number of aliphatic carboxylic acids is 1. The Balaban J connectivity index is 1.50. The minimum absolute atomic E-state index is 0.0272. The highest BCUT2D eigenvalue weighted by molar-refractivity contribution is 7.85. The van der Waals surface area contributed by atoms with Gasteiger partial charge in [-0.15, -0.1) is 5.11 Å². The molecule has 382 valence electrons. The fourth-order valence-corrected chi connectivity index (χ4v) is 7.21. The molecule has 4 atom stereocenters. The fraction of sp³-hybridized carbons (Fsp3) is 0.381. The van der Waals surface area contributed by atoms with Crippen molar-refractivity contribution in [1.29, 1.82) is 0 Å². The second-order valence-corrected chi connectivity index (χ2v) is 16.9. The van der Waals surface area contributed by atoms with Crippen molar-refractivity contribution in [2.75, 3.05) is 19.6 Å². The number of rotatable bonds is 18. The van der Waals surface area contributed by atoms with E-state index in [1.165, 1.54) is 66.1 Å². The molecule has 25 nitrogen and oxygen atoms in total. The molecular formula is C42H49F3N12O13S. The first-order valence-electron chi connectivity index (χ1n) is 21.3. The number of phenols is 1. The summed E-state index contributed by atoms with van der Waals surface area (Å²) in [6.07, 6.45) is -5.58. The van der Waals surface area contributed by atoms with E-state index in [0.29, 0.717) is 5.56 Å². The number of guanidine groups is 1. The molecule has 1 saturated heterocycles. The highest BCUT2D eigenvalue weighted by Crippen LogP contribution is 2.18. The highest BCUT2D eigenvalue weighted by Gasteiger charge is 2.39. The molecule has 0 bridgehead atoms. The quantitative estimate of drug-likeness (QED) is 0.0258. The zero-order chi connectivity index (χ0) is 52.3. The summed E-state index contributed by atoms with van der Waals surface area (Å²) in [6.45, 7) is -1.39. The van der Waals surface area contributed by atoms with Crippen LogP contribution in [-0.4, -0.2) is 131 Å². The van der Waals surface area contributed by atoms with Crippen LogP contribution in [0, 0.1) is 0 Å². The number of carboxylic acids is 1. The van der Waals surface area contributed by atoms with Crippen molar-refractivity contribution in [3.05, 3.63) is 83.6 Å². The highest BCUT2D eigenvalue weighted by atomic mass is 32.2. The average Bonchev–Trinajstić information content (AvgIpc) is 3.30. The van der Waals surface area contributed by atoms with Crippen LogP contribution in [0.25, 0.3) is 0 Å². The lowest BCUT2D eigenvalue weighted by atomic mass is 10.0. The lowest BCUT2D eigenvalue weighted by Gasteiger charge is -2.26. The molecule has 0 aliphatic carbocycles. The van der Waals surface area contributed by atoms with E-state index in [2.05, 4.69) is 52.1 Å². The van der Waals surface area contributed by atoms with Crippen LogP contribution in [0.2, 0.25) is 0 Å². The summed E-state index contributed by atoms with van der Waals surface area (Å²) in [5, 5.41) is 43.0. The summed E-state index contributed by atoms with van der Waals surface area (Å²) in [6, 6.07) is 7.57. The first kappa shape index (κ1) is 55.5. The molecule has 4 rings (SSSR count). The zero-order valence-corrected chi connectivity index (χ0v) is 38.1. The van der Waals surface area contributed by atoms with Gasteiger partial charge in [0.25, 0.3) is 16.0 Å². The van der Waals surface area contributed by atoms with Crippen LogP contribution in [0.15, 0.2) is 87.0 Å². The van der Waals surface area contributed by atoms with Gasteiger partial charge in [0.2, 0.25) is 29.5 Å². The van der Waals surface area contributed by atoms with Crippen molar-refractivity contribution in [2.45, 2.75) is 86.7 Å². The topological polar surface area (TPSA) is 392 Å². The predicted molar refractivity (Wildman–Crippen MR) is 240 cm³/mol. The van der Waals surface area contributed by atoms with Gasteiger partial charge in [-0.05, 0) is 73.6 Å². The van der Waals surface area contributed by atoms with Crippen LogP contribution in [0.3, 0.4) is 0 Å². The van der Waals surface area contributed by atoms with Gasteiger partial charge in [0, 0.05) is 25.7 Å². The lowest BCUT2D eigenvalue weighted by Crippen LogP contribution is -2.58. The third-order valence-corrected chi connectivity index (χ3v) is 11.0. The first-order chi connectivity index (χ1) is 33.5. The number of azo groups is 1. The number of aromatic nitrogens is 1. The number of nitrogens with one attached hydrogen (secondary N) is 7. The number of carbonyl (C=O) groups excluding carboxylic acids is 7. The largest absolute Gasteiger partial charge is 0.508 e. The molecule has 1 aromatic heterocycles. The van der Waals surface area contributed by atoms with E-state index >= 15 is 0 Å². The van der Waals surface area contributed by atoms with Crippen LogP contribution >= 0.6 is 0 Å². The number of carbonyl (C=O) groups is 8. The standard InChI is InChI=1S/C42H49F3N12O13S/c43-42(44,45)40(67)56-41(46)48-17-5-8-27-36(63)50-22-33(59)52-30(19-34(60)61)39(66)55-29(18-23-10-13-26(58)14-11-23)38(65)54-28(37(64)53-27)7-3-4-16-47-35(62)25-12-15-32(49-20-25)57-51-21-24-6-1-2-9-31(24)71(68,69)70/h1-2,6,9-15,20,27-30,58H,3-5,7-8,16-19,21-22H2,(H,47,62)(H,50,63)(H,52,59)(H,53,64)(H,54,65)(H,55,66)(H,60,61)(H,68,69,70)(H3,46,48,56,67)/t27-,28-,29+,30-/m0/s1. The molecule has 1 aliphatic heterocycles. The molecule has 2 aromatic carbocycles. The van der Waals surface area contributed by atoms with Gasteiger partial charge in [-0.1, -0.05) is 30.3 Å². The summed E-state index contributed by atoms with van der Waals surface area (Å²) in [7, 11) is -4.50. The SMILES string of the molecule is NC(=NCCC[C@@H]1NC(=O)[C@H](CCCCNC(=O)c2ccc(N=NCc3ccccc3S(=O)(=O)O)nc2)NC(=O)[C@@H](Cc2ccc(O)cc2)NC(=O)[C@H](CC(=O)O)NC(=O)CNC1=O)NC(=O)C(F)(F)F. The van der Waals surface area contributed by atoms with Crippen LogP contribution in [0.1, 0.15) is 60.0 Å². The van der Waals surface area contributed by atoms with Crippen LogP contribution in [-0.2, 0) is 56.6 Å². The number of phenolic OH excluding ortho intramolecular Hbond substituents is 1. The van der Waals surface area contributed by atoms with Crippen LogP contribution in [0.4, 0.5) is 19.0 Å². The van der Waals surface area contributed by atoms with Gasteiger partial charge in [0.05, 0.1) is 30.0 Å². The Bertz CT molecular complexity index is 2600. The third-order valence-electron chi connectivity index (χ3n) is 10.0. The maximum absolute atomic E-state index is 14.0. The molecule has 71 heavy (non-hydrogen) atoms. The molecule has 1 aliphatic rings. The van der Waals surface area contributed by atoms with Crippen LogP contribution in [0.5, 0.6) is 5.75 Å². The molecule has 2 heterocycles. The van der Waals surface area contributed by atoms with Gasteiger partial charge in [-0.3, -0.25) is 53.2 Å². The number of hydrogen-bond donors (Lipinski definition) is 11. The molecule has 12 N–H and O–H groups in total. The summed E-state index contributed by atoms with van der Waals surface area (Å²) in [4.78, 5) is 111. The van der Waals surface area contributed by atoms with E-state index in [0.717, 1.165) is 0 Å². The van der Waals surface area contributed by atoms with Crippen LogP contribution < -0.4 is 43.0 Å². The van der Waals surface area contributed by atoms with Gasteiger partial charge >= 0.3 is 18.1 Å². The number of nitrogens with zero attached hydrogens (tertiary/aromatic N) is 4. The molecule has 29 heteroatoms. The van der Waals surface area contributed by atoms with Crippen molar-refractivity contribution in [3.8, 4) is 5.75 Å². The number of hydrogen-bond acceptors (Lipinski definition) is 15. The number of aromatic hydroxyl groups is 1. The molecule has 1 fully saturated rings. The number of nitrogens with two attached hydrogens (primary N) is 1. The number of benzene rings is 2. The Morgan fingerprint density at radius 1 is 0.817 bits per heavy atom. The first-order valence-corrected chi connectivity index (χ1v) is 22.8. The maximum Gasteiger partial charge on any atom is 0.471 e. The Labute approximate surface area is 401 Å². The molecule has 0 saturated carbocycles. The smallest absolute Gasteiger partial charge is 0.471 e. The van der Waals surface area contributed by atoms with Crippen molar-refractivity contribution in [1.82, 2.24) is 42.2 Å². The summed E-state index contributed by atoms with van der Waals surface area (Å²) in [5.74, 6) is -10.5. The monoisotopic (exact) mass is 1020 g/mol. The molecule has 7 amide bonds. The van der Waals surface area contributed by atoms with Gasteiger partial charge in [0.15, 0.2) is 11.8 Å². The van der Waals surface area contributed by atoms with E-state index in [9.17, 15) is 74.7 Å². The van der Waals surface area contributed by atoms with Crippen molar-refractivity contribution in [3.63, 3.8) is 0 Å². The minimum atomic E-state index is -5.26. The number of aliphatic imine (C=N–C) groups is 1. The third kappa shape index (κ3) is 18.7. The van der Waals surface area contributed by atoms with Gasteiger partial charge < -0.3 is 47.8 Å². The van der Waals surface area contributed by atoms with E-state index in [4.69, 9.17) is 5.73 Å². The number of unbranched alkanes of at least 4 members (excludes halogenated alkanes) is 1. The number of alkyl halides is 3. The van der Waals surface area contributed by atoms with E-state index in [1.807, 2.05) is 0 Å².